The number of hydrogen-bond acceptors (Lipinski definition) is 4. The Hall–Kier alpha value is -1.59. The highest BCUT2D eigenvalue weighted by atomic mass is 16.5. The van der Waals surface area contributed by atoms with Crippen LogP contribution in [0.2, 0.25) is 0 Å². The molecule has 1 amide bonds. The predicted octanol–water partition coefficient (Wildman–Crippen LogP) is 1.21. The molecule has 5 heteroatoms. The van der Waals surface area contributed by atoms with Crippen LogP contribution in [0.25, 0.3) is 0 Å². The number of rotatable bonds is 6. The van der Waals surface area contributed by atoms with E-state index in [4.69, 9.17) is 15.2 Å². The van der Waals surface area contributed by atoms with Crippen molar-refractivity contribution in [1.82, 2.24) is 5.32 Å². The fraction of sp³-hybridized carbons (Fsp3) is 0.533. The van der Waals surface area contributed by atoms with E-state index >= 15 is 0 Å². The fourth-order valence-corrected chi connectivity index (χ4v) is 2.25. The van der Waals surface area contributed by atoms with Crippen LogP contribution in [0.15, 0.2) is 24.3 Å². The molecule has 0 saturated carbocycles. The second kappa shape index (κ2) is 6.72. The van der Waals surface area contributed by atoms with E-state index in [0.717, 1.165) is 32.6 Å². The number of carbonyl (C=O) groups excluding carboxylic acids is 1. The lowest BCUT2D eigenvalue weighted by Gasteiger charge is -2.34. The molecule has 1 fully saturated rings. The SMILES string of the molecule is CC1(NCc2ccc(OCC(N)=O)cc2)CCCOC1. The van der Waals surface area contributed by atoms with Crippen LogP contribution >= 0.6 is 0 Å². The summed E-state index contributed by atoms with van der Waals surface area (Å²) in [5, 5.41) is 3.54. The molecule has 1 aromatic rings. The van der Waals surface area contributed by atoms with Crippen LogP contribution < -0.4 is 15.8 Å². The van der Waals surface area contributed by atoms with Crippen molar-refractivity contribution in [3.8, 4) is 5.75 Å². The molecule has 1 aromatic carbocycles. The van der Waals surface area contributed by atoms with E-state index in [1.54, 1.807) is 0 Å². The van der Waals surface area contributed by atoms with Crippen molar-refractivity contribution < 1.29 is 14.3 Å². The summed E-state index contributed by atoms with van der Waals surface area (Å²) in [6.45, 7) is 4.51. The Morgan fingerprint density at radius 1 is 1.45 bits per heavy atom. The first-order valence-corrected chi connectivity index (χ1v) is 6.90. The monoisotopic (exact) mass is 278 g/mol. The van der Waals surface area contributed by atoms with Crippen molar-refractivity contribution in [3.63, 3.8) is 0 Å². The molecule has 3 N–H and O–H groups in total. The van der Waals surface area contributed by atoms with Gasteiger partial charge in [-0.1, -0.05) is 12.1 Å². The topological polar surface area (TPSA) is 73.6 Å². The van der Waals surface area contributed by atoms with Gasteiger partial charge in [0.2, 0.25) is 0 Å². The second-order valence-corrected chi connectivity index (χ2v) is 5.47. The molecular weight excluding hydrogens is 256 g/mol. The van der Waals surface area contributed by atoms with Crippen LogP contribution in [-0.2, 0) is 16.1 Å². The highest BCUT2D eigenvalue weighted by Crippen LogP contribution is 2.19. The zero-order valence-corrected chi connectivity index (χ0v) is 11.9. The zero-order valence-electron chi connectivity index (χ0n) is 11.9. The molecular formula is C15H22N2O3. The van der Waals surface area contributed by atoms with Gasteiger partial charge >= 0.3 is 0 Å². The first-order valence-electron chi connectivity index (χ1n) is 6.90. The Bertz CT molecular complexity index is 439. The molecule has 20 heavy (non-hydrogen) atoms. The Labute approximate surface area is 119 Å². The number of hydrogen-bond donors (Lipinski definition) is 2. The van der Waals surface area contributed by atoms with Crippen molar-refractivity contribution in [3.05, 3.63) is 29.8 Å². The highest BCUT2D eigenvalue weighted by Gasteiger charge is 2.26. The number of primary amides is 1. The van der Waals surface area contributed by atoms with Crippen LogP contribution in [0.4, 0.5) is 0 Å². The molecule has 110 valence electrons. The average molecular weight is 278 g/mol. The minimum absolute atomic E-state index is 0.0550. The minimum atomic E-state index is -0.471. The third-order valence-electron chi connectivity index (χ3n) is 3.46. The van der Waals surface area contributed by atoms with Crippen LogP contribution in [0.5, 0.6) is 5.75 Å². The summed E-state index contributed by atoms with van der Waals surface area (Å²) in [6, 6.07) is 7.66. The summed E-state index contributed by atoms with van der Waals surface area (Å²) in [7, 11) is 0. The average Bonchev–Trinajstić information content (AvgIpc) is 2.45. The first-order chi connectivity index (χ1) is 9.57. The molecule has 1 aliphatic heterocycles. The maximum absolute atomic E-state index is 10.6. The van der Waals surface area contributed by atoms with E-state index in [2.05, 4.69) is 12.2 Å². The number of benzene rings is 1. The quantitative estimate of drug-likeness (QED) is 0.820. The minimum Gasteiger partial charge on any atom is -0.484 e. The number of ether oxygens (including phenoxy) is 2. The molecule has 0 spiro atoms. The van der Waals surface area contributed by atoms with E-state index in [1.165, 1.54) is 5.56 Å². The third kappa shape index (κ3) is 4.51. The zero-order chi connectivity index (χ0) is 14.4. The van der Waals surface area contributed by atoms with Gasteiger partial charge in [0.25, 0.3) is 5.91 Å². The van der Waals surface area contributed by atoms with Gasteiger partial charge in [-0.05, 0) is 37.5 Å². The van der Waals surface area contributed by atoms with Crippen LogP contribution in [0.1, 0.15) is 25.3 Å². The number of nitrogens with two attached hydrogens (primary N) is 1. The van der Waals surface area contributed by atoms with Crippen molar-refractivity contribution in [1.29, 1.82) is 0 Å². The van der Waals surface area contributed by atoms with Crippen molar-refractivity contribution in [2.75, 3.05) is 19.8 Å². The Kier molecular flexibility index (Phi) is 4.98. The molecule has 1 heterocycles. The van der Waals surface area contributed by atoms with Gasteiger partial charge in [0, 0.05) is 18.7 Å². The summed E-state index contributed by atoms with van der Waals surface area (Å²) < 4.78 is 10.7. The number of nitrogens with one attached hydrogen (secondary N) is 1. The first kappa shape index (κ1) is 14.8. The van der Waals surface area contributed by atoms with Crippen molar-refractivity contribution >= 4 is 5.91 Å². The van der Waals surface area contributed by atoms with E-state index in [1.807, 2.05) is 24.3 Å². The molecule has 0 aromatic heterocycles. The molecule has 1 atom stereocenters. The highest BCUT2D eigenvalue weighted by molar-refractivity contribution is 5.75. The number of carbonyl (C=O) groups is 1. The van der Waals surface area contributed by atoms with Gasteiger partial charge in [-0.15, -0.1) is 0 Å². The smallest absolute Gasteiger partial charge is 0.255 e. The van der Waals surface area contributed by atoms with Crippen LogP contribution in [-0.4, -0.2) is 31.3 Å². The molecule has 5 nitrogen and oxygen atoms in total. The van der Waals surface area contributed by atoms with E-state index in [9.17, 15) is 4.79 Å². The van der Waals surface area contributed by atoms with Gasteiger partial charge in [0.1, 0.15) is 5.75 Å². The largest absolute Gasteiger partial charge is 0.484 e. The second-order valence-electron chi connectivity index (χ2n) is 5.47. The standard InChI is InChI=1S/C15H22N2O3/c1-15(7-2-8-19-11-15)17-9-12-3-5-13(6-4-12)20-10-14(16)18/h3-6,17H,2,7-11H2,1H3,(H2,16,18). The Balaban J connectivity index is 1.82. The summed E-state index contributed by atoms with van der Waals surface area (Å²) in [4.78, 5) is 10.6. The lowest BCUT2D eigenvalue weighted by Crippen LogP contribution is -2.48. The Morgan fingerprint density at radius 2 is 2.20 bits per heavy atom. The molecule has 0 aliphatic carbocycles. The van der Waals surface area contributed by atoms with Crippen LogP contribution in [0, 0.1) is 0 Å². The van der Waals surface area contributed by atoms with Gasteiger partial charge < -0.3 is 20.5 Å². The normalized spacial score (nSPS) is 22.4. The maximum atomic E-state index is 10.6. The lowest BCUT2D eigenvalue weighted by atomic mass is 9.94. The van der Waals surface area contributed by atoms with Crippen LogP contribution in [0.3, 0.4) is 0 Å². The van der Waals surface area contributed by atoms with Crippen molar-refractivity contribution in [2.24, 2.45) is 5.73 Å². The molecule has 1 saturated heterocycles. The van der Waals surface area contributed by atoms with Gasteiger partial charge in [0.15, 0.2) is 6.61 Å². The predicted molar refractivity (Wildman–Crippen MR) is 76.4 cm³/mol. The van der Waals surface area contributed by atoms with Gasteiger partial charge in [0.05, 0.1) is 6.61 Å². The van der Waals surface area contributed by atoms with E-state index < -0.39 is 5.91 Å². The maximum Gasteiger partial charge on any atom is 0.255 e. The van der Waals surface area contributed by atoms with Gasteiger partial charge in [-0.25, -0.2) is 0 Å². The summed E-state index contributed by atoms with van der Waals surface area (Å²) in [6.07, 6.45) is 2.23. The molecule has 1 aliphatic rings. The third-order valence-corrected chi connectivity index (χ3v) is 3.46. The summed E-state index contributed by atoms with van der Waals surface area (Å²) in [5.41, 5.74) is 6.25. The van der Waals surface area contributed by atoms with Gasteiger partial charge in [-0.3, -0.25) is 4.79 Å². The fourth-order valence-electron chi connectivity index (χ4n) is 2.25. The Morgan fingerprint density at radius 3 is 2.80 bits per heavy atom. The van der Waals surface area contributed by atoms with Gasteiger partial charge in [-0.2, -0.15) is 0 Å². The molecule has 1 unspecified atom stereocenters. The van der Waals surface area contributed by atoms with E-state index in [0.29, 0.717) is 5.75 Å². The molecule has 2 rings (SSSR count). The number of amides is 1. The van der Waals surface area contributed by atoms with E-state index in [-0.39, 0.29) is 12.1 Å². The summed E-state index contributed by atoms with van der Waals surface area (Å²) >= 11 is 0. The van der Waals surface area contributed by atoms with Crippen molar-refractivity contribution in [2.45, 2.75) is 31.8 Å². The lowest BCUT2D eigenvalue weighted by molar-refractivity contribution is -0.119. The molecule has 0 radical (unpaired) electrons. The summed E-state index contributed by atoms with van der Waals surface area (Å²) in [5.74, 6) is 0.181. The molecule has 0 bridgehead atoms.